The summed E-state index contributed by atoms with van der Waals surface area (Å²) >= 11 is 0. The summed E-state index contributed by atoms with van der Waals surface area (Å²) in [6, 6.07) is 9.73. The molecule has 0 heterocycles. The zero-order valence-electron chi connectivity index (χ0n) is 22.7. The maximum Gasteiger partial charge on any atom is -0.0107 e. The molecule has 2 aliphatic carbocycles. The molecule has 0 radical (unpaired) electrons. The van der Waals surface area contributed by atoms with Crippen LogP contribution in [0.2, 0.25) is 0 Å². The first kappa shape index (κ1) is 27.7. The lowest BCUT2D eigenvalue weighted by molar-refractivity contribution is 0.302. The molecule has 0 aliphatic heterocycles. The van der Waals surface area contributed by atoms with E-state index >= 15 is 0 Å². The molecular formula is C33H52. The van der Waals surface area contributed by atoms with Crippen LogP contribution in [0.4, 0.5) is 0 Å². The van der Waals surface area contributed by atoms with Crippen LogP contribution in [0.15, 0.2) is 24.3 Å². The molecule has 184 valence electrons. The second-order valence-electron chi connectivity index (χ2n) is 12.9. The summed E-state index contributed by atoms with van der Waals surface area (Å²) in [6.45, 7) is 23.2. The highest BCUT2D eigenvalue weighted by Gasteiger charge is 2.32. The van der Waals surface area contributed by atoms with E-state index in [1.165, 1.54) is 60.8 Å². The number of rotatable bonds is 0. The van der Waals surface area contributed by atoms with Crippen molar-refractivity contribution in [1.82, 2.24) is 0 Å². The quantitative estimate of drug-likeness (QED) is 0.352. The molecule has 2 unspecified atom stereocenters. The summed E-state index contributed by atoms with van der Waals surface area (Å²) < 4.78 is 0. The molecule has 2 aromatic rings. The van der Waals surface area contributed by atoms with E-state index in [1.54, 1.807) is 22.3 Å². The Balaban J connectivity index is 0.000000228. The van der Waals surface area contributed by atoms with Gasteiger partial charge < -0.3 is 0 Å². The van der Waals surface area contributed by atoms with E-state index in [2.05, 4.69) is 93.5 Å². The Kier molecular flexibility index (Phi) is 8.70. The van der Waals surface area contributed by atoms with Gasteiger partial charge in [-0.1, -0.05) is 79.7 Å². The third-order valence-electron chi connectivity index (χ3n) is 8.24. The normalized spacial score (nSPS) is 20.1. The van der Waals surface area contributed by atoms with Gasteiger partial charge >= 0.3 is 0 Å². The first-order valence-corrected chi connectivity index (χ1v) is 13.0. The molecule has 0 saturated carbocycles. The maximum absolute atomic E-state index is 2.46. The summed E-state index contributed by atoms with van der Waals surface area (Å²) in [5.41, 5.74) is 13.1. The number of benzene rings is 2. The molecule has 0 N–H and O–H groups in total. The molecule has 0 bridgehead atoms. The Morgan fingerprint density at radius 3 is 1.39 bits per heavy atom. The molecule has 0 heteroatoms. The topological polar surface area (TPSA) is 0 Å². The highest BCUT2D eigenvalue weighted by atomic mass is 14.4. The van der Waals surface area contributed by atoms with Crippen LogP contribution in [0.3, 0.4) is 0 Å². The van der Waals surface area contributed by atoms with Gasteiger partial charge in [0.1, 0.15) is 0 Å². The molecule has 0 saturated heterocycles. The van der Waals surface area contributed by atoms with Crippen molar-refractivity contribution in [3.05, 3.63) is 68.8 Å². The minimum absolute atomic E-state index is 0. The Morgan fingerprint density at radius 2 is 0.939 bits per heavy atom. The average molecular weight is 449 g/mol. The smallest absolute Gasteiger partial charge is 0.0107 e. The van der Waals surface area contributed by atoms with Crippen molar-refractivity contribution in [2.45, 2.75) is 127 Å². The van der Waals surface area contributed by atoms with E-state index in [0.29, 0.717) is 10.8 Å². The van der Waals surface area contributed by atoms with Crippen molar-refractivity contribution in [2.24, 2.45) is 10.8 Å². The monoisotopic (exact) mass is 448 g/mol. The van der Waals surface area contributed by atoms with Gasteiger partial charge in [0.05, 0.1) is 0 Å². The Labute approximate surface area is 206 Å². The predicted molar refractivity (Wildman–Crippen MR) is 149 cm³/mol. The van der Waals surface area contributed by atoms with E-state index < -0.39 is 0 Å². The van der Waals surface area contributed by atoms with E-state index in [9.17, 15) is 0 Å². The number of aryl methyl sites for hydroxylation is 6. The summed E-state index contributed by atoms with van der Waals surface area (Å²) in [7, 11) is 0. The Morgan fingerprint density at radius 1 is 0.545 bits per heavy atom. The van der Waals surface area contributed by atoms with Crippen molar-refractivity contribution in [3.63, 3.8) is 0 Å². The lowest BCUT2D eigenvalue weighted by Gasteiger charge is -2.32. The van der Waals surface area contributed by atoms with E-state index in [1.807, 2.05) is 0 Å². The fourth-order valence-corrected chi connectivity index (χ4v) is 5.95. The van der Waals surface area contributed by atoms with Crippen LogP contribution >= 0.6 is 0 Å². The summed E-state index contributed by atoms with van der Waals surface area (Å²) in [5.74, 6) is 1.49. The molecule has 2 aromatic carbocycles. The highest BCUT2D eigenvalue weighted by molar-refractivity contribution is 5.43. The van der Waals surface area contributed by atoms with Crippen molar-refractivity contribution in [2.75, 3.05) is 0 Å². The molecule has 0 spiro atoms. The Hall–Kier alpha value is -1.56. The SMILES string of the molecule is C.Cc1cc2c(cc1C)C(C(C)(C)C)CC2.Cc1cc2c(cc1C)C(C(C)(C)C)CCCC2. The zero-order chi connectivity index (χ0) is 23.8. The van der Waals surface area contributed by atoms with Crippen molar-refractivity contribution >= 4 is 0 Å². The molecule has 33 heavy (non-hydrogen) atoms. The van der Waals surface area contributed by atoms with Gasteiger partial charge in [-0.25, -0.2) is 0 Å². The highest BCUT2D eigenvalue weighted by Crippen LogP contribution is 2.45. The molecule has 2 atom stereocenters. The first-order valence-electron chi connectivity index (χ1n) is 13.0. The minimum atomic E-state index is 0. The van der Waals surface area contributed by atoms with Crippen LogP contribution < -0.4 is 0 Å². The molecule has 4 rings (SSSR count). The molecule has 2 aliphatic rings. The lowest BCUT2D eigenvalue weighted by Crippen LogP contribution is -2.19. The van der Waals surface area contributed by atoms with Gasteiger partial charge in [-0.05, 0) is 127 Å². The van der Waals surface area contributed by atoms with Crippen LogP contribution in [0.25, 0.3) is 0 Å². The van der Waals surface area contributed by atoms with Crippen LogP contribution in [-0.2, 0) is 12.8 Å². The summed E-state index contributed by atoms with van der Waals surface area (Å²) in [5, 5.41) is 0. The van der Waals surface area contributed by atoms with Crippen LogP contribution in [0.1, 0.15) is 131 Å². The van der Waals surface area contributed by atoms with Gasteiger partial charge in [0.25, 0.3) is 0 Å². The second-order valence-corrected chi connectivity index (χ2v) is 12.9. The number of hydrogen-bond donors (Lipinski definition) is 0. The molecule has 0 aromatic heterocycles. The van der Waals surface area contributed by atoms with Crippen LogP contribution in [-0.4, -0.2) is 0 Å². The maximum atomic E-state index is 2.46. The molecular weight excluding hydrogens is 396 g/mol. The lowest BCUT2D eigenvalue weighted by atomic mass is 9.73. The van der Waals surface area contributed by atoms with E-state index in [0.717, 1.165) is 11.8 Å². The van der Waals surface area contributed by atoms with Gasteiger partial charge in [-0.3, -0.25) is 0 Å². The third-order valence-corrected chi connectivity index (χ3v) is 8.24. The van der Waals surface area contributed by atoms with Gasteiger partial charge in [0, 0.05) is 0 Å². The van der Waals surface area contributed by atoms with E-state index in [4.69, 9.17) is 0 Å². The van der Waals surface area contributed by atoms with Crippen LogP contribution in [0, 0.1) is 38.5 Å². The first-order chi connectivity index (χ1) is 14.8. The van der Waals surface area contributed by atoms with Crippen molar-refractivity contribution in [3.8, 4) is 0 Å². The van der Waals surface area contributed by atoms with Gasteiger partial charge in [-0.15, -0.1) is 0 Å². The number of hydrogen-bond acceptors (Lipinski definition) is 0. The molecule has 0 fully saturated rings. The zero-order valence-corrected chi connectivity index (χ0v) is 22.7. The molecule has 0 amide bonds. The predicted octanol–water partition coefficient (Wildman–Crippen LogP) is 10.2. The Bertz CT molecular complexity index is 945. The second kappa shape index (κ2) is 10.4. The van der Waals surface area contributed by atoms with Crippen LogP contribution in [0.5, 0.6) is 0 Å². The fraction of sp³-hybridized carbons (Fsp3) is 0.636. The van der Waals surface area contributed by atoms with Gasteiger partial charge in [-0.2, -0.15) is 0 Å². The van der Waals surface area contributed by atoms with Gasteiger partial charge in [0.15, 0.2) is 0 Å². The van der Waals surface area contributed by atoms with Crippen molar-refractivity contribution < 1.29 is 0 Å². The number of fused-ring (bicyclic) bond motifs is 2. The summed E-state index contributed by atoms with van der Waals surface area (Å²) in [6.07, 6.45) is 8.00. The van der Waals surface area contributed by atoms with Gasteiger partial charge in [0.2, 0.25) is 0 Å². The summed E-state index contributed by atoms with van der Waals surface area (Å²) in [4.78, 5) is 0. The average Bonchev–Trinajstić information content (AvgIpc) is 2.95. The largest absolute Gasteiger partial charge is 0.0776 e. The van der Waals surface area contributed by atoms with Crippen molar-refractivity contribution in [1.29, 1.82) is 0 Å². The fourth-order valence-electron chi connectivity index (χ4n) is 5.95. The molecule has 0 nitrogen and oxygen atoms in total. The standard InChI is InChI=1S/C17H26.C15H22.CH4/c1-12-10-14-8-6-7-9-16(17(3,4)5)15(14)11-13(12)2;1-10-8-12-6-7-14(15(3,4)5)13(12)9-11(10)2;/h10-11,16H,6-9H2,1-5H3;8-9,14H,6-7H2,1-5H3;1H4. The van der Waals surface area contributed by atoms with E-state index in [-0.39, 0.29) is 7.43 Å². The minimum Gasteiger partial charge on any atom is -0.0776 e. The third kappa shape index (κ3) is 6.32.